The molecule has 0 aliphatic rings. The molecule has 20 heavy (non-hydrogen) atoms. The van der Waals surface area contributed by atoms with E-state index < -0.39 is 36.4 Å². The van der Waals surface area contributed by atoms with Gasteiger partial charge >= 0.3 is 12.0 Å². The maximum Gasteiger partial charge on any atom is 0.323 e. The molecular formula is C11H20N4O5. The summed E-state index contributed by atoms with van der Waals surface area (Å²) >= 11 is 0. The average molecular weight is 288 g/mol. The number of urea groups is 1. The number of rotatable bonds is 7. The van der Waals surface area contributed by atoms with Crippen molar-refractivity contribution < 1.29 is 24.3 Å². The van der Waals surface area contributed by atoms with Gasteiger partial charge in [0.2, 0.25) is 11.8 Å². The fourth-order valence-electron chi connectivity index (χ4n) is 1.38. The molecule has 5 N–H and O–H groups in total. The highest BCUT2D eigenvalue weighted by atomic mass is 16.4. The monoisotopic (exact) mass is 288 g/mol. The summed E-state index contributed by atoms with van der Waals surface area (Å²) in [5.74, 6) is -2.38. The Balaban J connectivity index is 4.64. The van der Waals surface area contributed by atoms with Gasteiger partial charge in [0.05, 0.1) is 5.41 Å². The van der Waals surface area contributed by atoms with E-state index in [0.29, 0.717) is 0 Å². The molecule has 0 spiro atoms. The molecule has 9 nitrogen and oxygen atoms in total. The van der Waals surface area contributed by atoms with Gasteiger partial charge < -0.3 is 26.4 Å². The lowest BCUT2D eigenvalue weighted by molar-refractivity contribution is -0.138. The number of nitrogens with two attached hydrogens (primary N) is 1. The topological polar surface area (TPSA) is 142 Å². The summed E-state index contributed by atoms with van der Waals surface area (Å²) in [6, 6.07) is -0.775. The highest BCUT2D eigenvalue weighted by Gasteiger charge is 2.28. The maximum absolute atomic E-state index is 11.8. The van der Waals surface area contributed by atoms with Gasteiger partial charge in [-0.1, -0.05) is 0 Å². The van der Waals surface area contributed by atoms with Crippen molar-refractivity contribution in [2.45, 2.75) is 13.8 Å². The first kappa shape index (κ1) is 17.7. The molecular weight excluding hydrogens is 268 g/mol. The summed E-state index contributed by atoms with van der Waals surface area (Å²) in [6.45, 7) is 2.04. The van der Waals surface area contributed by atoms with Gasteiger partial charge in [0.25, 0.3) is 0 Å². The molecule has 0 aromatic heterocycles. The number of nitrogens with one attached hydrogen (secondary N) is 2. The molecule has 4 amide bonds. The second kappa shape index (κ2) is 7.31. The largest absolute Gasteiger partial charge is 0.480 e. The summed E-state index contributed by atoms with van der Waals surface area (Å²) in [5, 5.41) is 13.5. The Morgan fingerprint density at radius 2 is 1.75 bits per heavy atom. The van der Waals surface area contributed by atoms with Crippen molar-refractivity contribution in [3.63, 3.8) is 0 Å². The zero-order valence-electron chi connectivity index (χ0n) is 11.7. The van der Waals surface area contributed by atoms with Crippen LogP contribution in [-0.4, -0.2) is 60.5 Å². The second-order valence-electron chi connectivity index (χ2n) is 4.84. The van der Waals surface area contributed by atoms with Crippen LogP contribution in [0.5, 0.6) is 0 Å². The van der Waals surface area contributed by atoms with Crippen molar-refractivity contribution in [2.24, 2.45) is 11.1 Å². The highest BCUT2D eigenvalue weighted by molar-refractivity contribution is 5.87. The van der Waals surface area contributed by atoms with Gasteiger partial charge in [0.1, 0.15) is 13.1 Å². The van der Waals surface area contributed by atoms with Crippen LogP contribution in [0.25, 0.3) is 0 Å². The van der Waals surface area contributed by atoms with Crippen LogP contribution in [-0.2, 0) is 14.4 Å². The lowest BCUT2D eigenvalue weighted by atomic mass is 9.92. The minimum atomic E-state index is -1.27. The Morgan fingerprint density at radius 3 is 2.15 bits per heavy atom. The maximum atomic E-state index is 11.8. The van der Waals surface area contributed by atoms with E-state index in [4.69, 9.17) is 10.8 Å². The Kier molecular flexibility index (Phi) is 6.47. The van der Waals surface area contributed by atoms with Gasteiger partial charge in [0, 0.05) is 13.6 Å². The van der Waals surface area contributed by atoms with E-state index >= 15 is 0 Å². The molecule has 9 heteroatoms. The van der Waals surface area contributed by atoms with E-state index in [2.05, 4.69) is 10.6 Å². The van der Waals surface area contributed by atoms with Crippen molar-refractivity contribution >= 4 is 23.8 Å². The SMILES string of the molecule is CNC(=O)C(C)(C)CNC(=O)N(CC(N)=O)CC(=O)O. The zero-order chi connectivity index (χ0) is 15.9. The molecule has 114 valence electrons. The molecule has 0 heterocycles. The molecule has 0 aromatic rings. The number of nitrogens with zero attached hydrogens (tertiary/aromatic N) is 1. The smallest absolute Gasteiger partial charge is 0.323 e. The Hall–Kier alpha value is -2.32. The number of hydrogen-bond acceptors (Lipinski definition) is 4. The van der Waals surface area contributed by atoms with Gasteiger partial charge in [-0.05, 0) is 13.8 Å². The summed E-state index contributed by atoms with van der Waals surface area (Å²) in [5.41, 5.74) is 4.07. The third-order valence-electron chi connectivity index (χ3n) is 2.48. The van der Waals surface area contributed by atoms with E-state index in [1.54, 1.807) is 13.8 Å². The molecule has 0 saturated heterocycles. The fourth-order valence-corrected chi connectivity index (χ4v) is 1.38. The number of primary amides is 1. The lowest BCUT2D eigenvalue weighted by Gasteiger charge is -2.25. The van der Waals surface area contributed by atoms with Gasteiger partial charge in [-0.25, -0.2) is 4.79 Å². The van der Waals surface area contributed by atoms with Crippen molar-refractivity contribution in [3.8, 4) is 0 Å². The van der Waals surface area contributed by atoms with Crippen LogP contribution in [0.2, 0.25) is 0 Å². The minimum absolute atomic E-state index is 0.0135. The number of amides is 4. The Morgan fingerprint density at radius 1 is 1.20 bits per heavy atom. The number of carboxylic acids is 1. The molecule has 0 radical (unpaired) electrons. The number of carbonyl (C=O) groups excluding carboxylic acids is 3. The predicted molar refractivity (Wildman–Crippen MR) is 69.6 cm³/mol. The molecule has 0 aliphatic carbocycles. The molecule has 0 aromatic carbocycles. The van der Waals surface area contributed by atoms with Crippen LogP contribution in [0.4, 0.5) is 4.79 Å². The highest BCUT2D eigenvalue weighted by Crippen LogP contribution is 2.13. The molecule has 0 atom stereocenters. The van der Waals surface area contributed by atoms with Crippen molar-refractivity contribution in [1.29, 1.82) is 0 Å². The van der Waals surface area contributed by atoms with Gasteiger partial charge in [0.15, 0.2) is 0 Å². The van der Waals surface area contributed by atoms with Crippen molar-refractivity contribution in [3.05, 3.63) is 0 Å². The first-order chi connectivity index (χ1) is 9.10. The summed E-state index contributed by atoms with van der Waals surface area (Å²) in [6.07, 6.45) is 0. The van der Waals surface area contributed by atoms with Gasteiger partial charge in [-0.15, -0.1) is 0 Å². The van der Waals surface area contributed by atoms with E-state index in [9.17, 15) is 19.2 Å². The van der Waals surface area contributed by atoms with Crippen LogP contribution >= 0.6 is 0 Å². The van der Waals surface area contributed by atoms with Crippen LogP contribution in [0, 0.1) is 5.41 Å². The van der Waals surface area contributed by atoms with E-state index in [0.717, 1.165) is 4.90 Å². The minimum Gasteiger partial charge on any atom is -0.480 e. The van der Waals surface area contributed by atoms with E-state index in [1.165, 1.54) is 7.05 Å². The first-order valence-corrected chi connectivity index (χ1v) is 5.85. The normalized spacial score (nSPS) is 10.6. The van der Waals surface area contributed by atoms with Crippen LogP contribution < -0.4 is 16.4 Å². The average Bonchev–Trinajstić information content (AvgIpc) is 2.32. The number of hydrogen-bond donors (Lipinski definition) is 4. The number of aliphatic carboxylic acids is 1. The predicted octanol–water partition coefficient (Wildman–Crippen LogP) is -1.66. The molecule has 0 saturated carbocycles. The summed E-state index contributed by atoms with van der Waals surface area (Å²) in [4.78, 5) is 45.5. The Labute approximate surface area is 116 Å². The first-order valence-electron chi connectivity index (χ1n) is 5.85. The van der Waals surface area contributed by atoms with Crippen LogP contribution in [0.3, 0.4) is 0 Å². The van der Waals surface area contributed by atoms with Gasteiger partial charge in [-0.2, -0.15) is 0 Å². The Bertz CT molecular complexity index is 392. The third kappa shape index (κ3) is 6.03. The molecule has 0 bridgehead atoms. The summed E-state index contributed by atoms with van der Waals surface area (Å²) in [7, 11) is 1.47. The fraction of sp³-hybridized carbons (Fsp3) is 0.636. The van der Waals surface area contributed by atoms with E-state index in [1.807, 2.05) is 0 Å². The number of carboxylic acid groups (broad SMARTS) is 1. The third-order valence-corrected chi connectivity index (χ3v) is 2.48. The van der Waals surface area contributed by atoms with Gasteiger partial charge in [-0.3, -0.25) is 14.4 Å². The molecule has 0 aliphatic heterocycles. The number of carbonyl (C=O) groups is 4. The molecule has 0 rings (SSSR count). The van der Waals surface area contributed by atoms with Crippen molar-refractivity contribution in [1.82, 2.24) is 15.5 Å². The quantitative estimate of drug-likeness (QED) is 0.443. The van der Waals surface area contributed by atoms with Crippen LogP contribution in [0.1, 0.15) is 13.8 Å². The van der Waals surface area contributed by atoms with E-state index in [-0.39, 0.29) is 12.5 Å². The zero-order valence-corrected chi connectivity index (χ0v) is 11.7. The standard InChI is InChI=1S/C11H20N4O5/c1-11(2,9(19)13-3)6-14-10(20)15(4-7(12)16)5-8(17)18/h4-6H2,1-3H3,(H2,12,16)(H,13,19)(H,14,20)(H,17,18). The molecule has 0 unspecified atom stereocenters. The molecule has 0 fully saturated rings. The van der Waals surface area contributed by atoms with Crippen molar-refractivity contribution in [2.75, 3.05) is 26.7 Å². The lowest BCUT2D eigenvalue weighted by Crippen LogP contribution is -2.50. The second-order valence-corrected chi connectivity index (χ2v) is 4.84. The van der Waals surface area contributed by atoms with Crippen LogP contribution in [0.15, 0.2) is 0 Å². The summed E-state index contributed by atoms with van der Waals surface area (Å²) < 4.78 is 0.